The number of morpholine rings is 1. The van der Waals surface area contributed by atoms with Gasteiger partial charge in [-0.2, -0.15) is 0 Å². The van der Waals surface area contributed by atoms with Crippen LogP contribution in [-0.2, 0) is 16.1 Å². The number of benzene rings is 2. The lowest BCUT2D eigenvalue weighted by Gasteiger charge is -2.29. The van der Waals surface area contributed by atoms with Crippen LogP contribution < -0.4 is 24.8 Å². The number of amides is 1. The van der Waals surface area contributed by atoms with Crippen molar-refractivity contribution in [2.45, 2.75) is 6.54 Å². The van der Waals surface area contributed by atoms with Gasteiger partial charge in [0.15, 0.2) is 6.54 Å². The average Bonchev–Trinajstić information content (AvgIpc) is 2.82. The zero-order valence-electron chi connectivity index (χ0n) is 18.4. The lowest BCUT2D eigenvalue weighted by atomic mass is 10.2. The van der Waals surface area contributed by atoms with Gasteiger partial charge >= 0.3 is 0 Å². The van der Waals surface area contributed by atoms with E-state index in [1.807, 2.05) is 24.3 Å². The van der Waals surface area contributed by atoms with E-state index < -0.39 is 0 Å². The molecule has 2 heterocycles. The number of rotatable bonds is 7. The highest BCUT2D eigenvalue weighted by molar-refractivity contribution is 5.91. The Balaban J connectivity index is 1.19. The van der Waals surface area contributed by atoms with Crippen LogP contribution in [0, 0.1) is 0 Å². The molecule has 3 N–H and O–H groups in total. The van der Waals surface area contributed by atoms with E-state index in [2.05, 4.69) is 34.5 Å². The molecular formula is C24H34N4O3+2. The van der Waals surface area contributed by atoms with Gasteiger partial charge in [-0.25, -0.2) is 0 Å². The Morgan fingerprint density at radius 3 is 2.26 bits per heavy atom. The maximum atomic E-state index is 12.5. The molecule has 0 bridgehead atoms. The van der Waals surface area contributed by atoms with E-state index in [0.29, 0.717) is 6.54 Å². The van der Waals surface area contributed by atoms with Gasteiger partial charge in [-0.05, 0) is 48.5 Å². The third kappa shape index (κ3) is 6.19. The number of nitrogens with zero attached hydrogens (tertiary/aromatic N) is 1. The normalized spacial score (nSPS) is 21.5. The van der Waals surface area contributed by atoms with Crippen molar-refractivity contribution >= 4 is 17.3 Å². The minimum atomic E-state index is 0.0905. The van der Waals surface area contributed by atoms with Crippen molar-refractivity contribution in [3.8, 4) is 5.75 Å². The summed E-state index contributed by atoms with van der Waals surface area (Å²) in [5.74, 6) is 0.988. The summed E-state index contributed by atoms with van der Waals surface area (Å²) in [6.45, 7) is 9.16. The van der Waals surface area contributed by atoms with E-state index >= 15 is 0 Å². The molecule has 4 rings (SSSR count). The number of carbonyl (C=O) groups is 1. The molecule has 31 heavy (non-hydrogen) atoms. The molecule has 0 saturated carbocycles. The second-order valence-corrected chi connectivity index (χ2v) is 8.40. The minimum absolute atomic E-state index is 0.0905. The number of nitrogens with one attached hydrogen (secondary N) is 3. The SMILES string of the molecule is COc1ccc(C[NH+]2CC[NH+](CC(=O)Nc3ccc(N4CCOCC4)cc3)CC2)cc1. The van der Waals surface area contributed by atoms with Crippen molar-refractivity contribution in [1.82, 2.24) is 0 Å². The summed E-state index contributed by atoms with van der Waals surface area (Å²) in [6.07, 6.45) is 0. The van der Waals surface area contributed by atoms with Crippen LogP contribution in [0.1, 0.15) is 5.56 Å². The number of hydrogen-bond acceptors (Lipinski definition) is 4. The first-order valence-corrected chi connectivity index (χ1v) is 11.2. The van der Waals surface area contributed by atoms with Gasteiger partial charge < -0.3 is 29.5 Å². The van der Waals surface area contributed by atoms with Crippen LogP contribution in [0.5, 0.6) is 5.75 Å². The van der Waals surface area contributed by atoms with Crippen molar-refractivity contribution < 1.29 is 24.1 Å². The molecule has 0 spiro atoms. The number of piperazine rings is 1. The van der Waals surface area contributed by atoms with Crippen LogP contribution >= 0.6 is 0 Å². The molecule has 2 fully saturated rings. The van der Waals surface area contributed by atoms with Gasteiger partial charge in [0, 0.05) is 30.0 Å². The Kier molecular flexibility index (Phi) is 7.40. The van der Waals surface area contributed by atoms with E-state index in [1.54, 1.807) is 12.0 Å². The summed E-state index contributed by atoms with van der Waals surface area (Å²) in [7, 11) is 1.69. The molecule has 166 valence electrons. The first-order chi connectivity index (χ1) is 15.2. The molecule has 2 aliphatic heterocycles. The largest absolute Gasteiger partial charge is 0.497 e. The maximum absolute atomic E-state index is 12.5. The van der Waals surface area contributed by atoms with Crippen LogP contribution in [0.15, 0.2) is 48.5 Å². The molecule has 7 heteroatoms. The predicted octanol–water partition coefficient (Wildman–Crippen LogP) is -0.546. The molecular weight excluding hydrogens is 392 g/mol. The first-order valence-electron chi connectivity index (χ1n) is 11.2. The van der Waals surface area contributed by atoms with E-state index in [1.165, 1.54) is 16.2 Å². The third-order valence-electron chi connectivity index (χ3n) is 6.22. The lowest BCUT2D eigenvalue weighted by Crippen LogP contribution is -3.28. The molecule has 7 nitrogen and oxygen atoms in total. The fourth-order valence-corrected chi connectivity index (χ4v) is 4.35. The highest BCUT2D eigenvalue weighted by Crippen LogP contribution is 2.18. The van der Waals surface area contributed by atoms with Crippen molar-refractivity contribution in [3.63, 3.8) is 0 Å². The fraction of sp³-hybridized carbons (Fsp3) is 0.458. The minimum Gasteiger partial charge on any atom is -0.497 e. The monoisotopic (exact) mass is 426 g/mol. The predicted molar refractivity (Wildman–Crippen MR) is 121 cm³/mol. The number of anilines is 2. The topological polar surface area (TPSA) is 59.7 Å². The van der Waals surface area contributed by atoms with Crippen LogP contribution in [-0.4, -0.2) is 72.0 Å². The van der Waals surface area contributed by atoms with E-state index in [0.717, 1.165) is 70.5 Å². The lowest BCUT2D eigenvalue weighted by molar-refractivity contribution is -1.02. The van der Waals surface area contributed by atoms with Crippen LogP contribution in [0.25, 0.3) is 0 Å². The zero-order valence-corrected chi connectivity index (χ0v) is 18.4. The second kappa shape index (κ2) is 10.6. The van der Waals surface area contributed by atoms with Gasteiger partial charge in [0.25, 0.3) is 5.91 Å². The molecule has 2 aromatic carbocycles. The Labute approximate surface area is 184 Å². The standard InChI is InChI=1S/C24H32N4O3/c1-30-23-8-2-20(3-9-23)18-26-10-12-27(13-11-26)19-24(29)25-21-4-6-22(7-5-21)28-14-16-31-17-15-28/h2-9H,10-19H2,1H3,(H,25,29)/p+2. The van der Waals surface area contributed by atoms with Gasteiger partial charge in [0.05, 0.1) is 20.3 Å². The summed E-state index contributed by atoms with van der Waals surface area (Å²) >= 11 is 0. The fourth-order valence-electron chi connectivity index (χ4n) is 4.35. The van der Waals surface area contributed by atoms with Crippen LogP contribution in [0.4, 0.5) is 11.4 Å². The molecule has 2 saturated heterocycles. The van der Waals surface area contributed by atoms with E-state index in [-0.39, 0.29) is 5.91 Å². The van der Waals surface area contributed by atoms with Gasteiger partial charge in [0.2, 0.25) is 0 Å². The number of ether oxygens (including phenoxy) is 2. The zero-order chi connectivity index (χ0) is 21.5. The van der Waals surface area contributed by atoms with Crippen molar-refractivity contribution in [2.75, 3.05) is 76.4 Å². The van der Waals surface area contributed by atoms with Crippen molar-refractivity contribution in [1.29, 1.82) is 0 Å². The second-order valence-electron chi connectivity index (χ2n) is 8.40. The van der Waals surface area contributed by atoms with Gasteiger partial charge in [-0.1, -0.05) is 0 Å². The number of methoxy groups -OCH3 is 1. The summed E-state index contributed by atoms with van der Waals surface area (Å²) in [4.78, 5) is 17.8. The Bertz CT molecular complexity index is 827. The van der Waals surface area contributed by atoms with Crippen LogP contribution in [0.2, 0.25) is 0 Å². The first kappa shape index (κ1) is 21.6. The molecule has 0 unspecified atom stereocenters. The van der Waals surface area contributed by atoms with Gasteiger partial charge in [-0.3, -0.25) is 4.79 Å². The maximum Gasteiger partial charge on any atom is 0.279 e. The third-order valence-corrected chi connectivity index (χ3v) is 6.22. The van der Waals surface area contributed by atoms with Gasteiger partial charge in [-0.15, -0.1) is 0 Å². The smallest absolute Gasteiger partial charge is 0.279 e. The van der Waals surface area contributed by atoms with Gasteiger partial charge in [0.1, 0.15) is 38.5 Å². The molecule has 0 atom stereocenters. The Morgan fingerprint density at radius 1 is 0.968 bits per heavy atom. The summed E-state index contributed by atoms with van der Waals surface area (Å²) in [6, 6.07) is 16.5. The molecule has 0 aliphatic carbocycles. The molecule has 0 radical (unpaired) electrons. The average molecular weight is 427 g/mol. The molecule has 2 aromatic rings. The molecule has 2 aliphatic rings. The highest BCUT2D eigenvalue weighted by Gasteiger charge is 2.25. The van der Waals surface area contributed by atoms with Crippen molar-refractivity contribution in [3.05, 3.63) is 54.1 Å². The summed E-state index contributed by atoms with van der Waals surface area (Å²) in [5.41, 5.74) is 3.38. The van der Waals surface area contributed by atoms with E-state index in [9.17, 15) is 4.79 Å². The van der Waals surface area contributed by atoms with E-state index in [4.69, 9.17) is 9.47 Å². The molecule has 1 amide bonds. The summed E-state index contributed by atoms with van der Waals surface area (Å²) < 4.78 is 10.6. The van der Waals surface area contributed by atoms with Crippen molar-refractivity contribution in [2.24, 2.45) is 0 Å². The molecule has 0 aromatic heterocycles. The quantitative estimate of drug-likeness (QED) is 0.556. The number of quaternary nitrogens is 2. The Morgan fingerprint density at radius 2 is 1.61 bits per heavy atom. The van der Waals surface area contributed by atoms with Crippen LogP contribution in [0.3, 0.4) is 0 Å². The highest BCUT2D eigenvalue weighted by atomic mass is 16.5. The summed E-state index contributed by atoms with van der Waals surface area (Å²) in [5, 5.41) is 3.06. The number of carbonyl (C=O) groups excluding carboxylic acids is 1. The number of hydrogen-bond donors (Lipinski definition) is 3. The Hall–Kier alpha value is -2.61.